The van der Waals surface area contributed by atoms with Crippen LogP contribution < -0.4 is 5.32 Å². The summed E-state index contributed by atoms with van der Waals surface area (Å²) in [5.41, 5.74) is 1.72. The molecule has 1 unspecified atom stereocenters. The highest BCUT2D eigenvalue weighted by Gasteiger charge is 2.30. The molecule has 3 rings (SSSR count). The summed E-state index contributed by atoms with van der Waals surface area (Å²) in [5.74, 6) is -0.533. The van der Waals surface area contributed by atoms with Crippen LogP contribution in [0.4, 0.5) is 4.39 Å². The Morgan fingerprint density at radius 2 is 1.67 bits per heavy atom. The van der Waals surface area contributed by atoms with E-state index in [1.807, 2.05) is 37.3 Å². The maximum absolute atomic E-state index is 13.3. The van der Waals surface area contributed by atoms with Gasteiger partial charge in [0.2, 0.25) is 11.8 Å². The van der Waals surface area contributed by atoms with Gasteiger partial charge in [0.1, 0.15) is 11.9 Å². The summed E-state index contributed by atoms with van der Waals surface area (Å²) in [7, 11) is 0. The molecule has 0 bridgehead atoms. The lowest BCUT2D eigenvalue weighted by Gasteiger charge is -2.33. The maximum atomic E-state index is 13.3. The van der Waals surface area contributed by atoms with E-state index in [0.717, 1.165) is 36.8 Å². The fourth-order valence-corrected chi connectivity index (χ4v) is 4.12. The van der Waals surface area contributed by atoms with Gasteiger partial charge in [0, 0.05) is 12.6 Å². The molecule has 4 nitrogen and oxygen atoms in total. The summed E-state index contributed by atoms with van der Waals surface area (Å²) in [5, 5.41) is 3.18. The number of hydrogen-bond donors (Lipinski definition) is 1. The average Bonchev–Trinajstić information content (AvgIpc) is 2.76. The number of hydrogen-bond acceptors (Lipinski definition) is 2. The van der Waals surface area contributed by atoms with Gasteiger partial charge in [-0.1, -0.05) is 68.7 Å². The van der Waals surface area contributed by atoms with Crippen molar-refractivity contribution in [1.82, 2.24) is 10.2 Å². The highest BCUT2D eigenvalue weighted by atomic mass is 19.1. The van der Waals surface area contributed by atoms with Crippen molar-refractivity contribution in [3.63, 3.8) is 0 Å². The van der Waals surface area contributed by atoms with Crippen molar-refractivity contribution in [2.24, 2.45) is 0 Å². The van der Waals surface area contributed by atoms with E-state index in [9.17, 15) is 14.0 Å². The standard InChI is InChI=1S/C25H31FN2O2/c1-2-23(25(30)27-22-11-7-4-8-12-22)28(18-20-9-5-3-6-10-20)24(29)17-19-13-15-21(26)16-14-19/h3,5-6,9-10,13-16,22-23H,2,4,7-8,11-12,17-18H2,1H3,(H,27,30). The second-order valence-electron chi connectivity index (χ2n) is 8.08. The molecular weight excluding hydrogens is 379 g/mol. The molecule has 1 aliphatic carbocycles. The number of nitrogens with one attached hydrogen (secondary N) is 1. The molecule has 1 aliphatic rings. The van der Waals surface area contributed by atoms with E-state index in [4.69, 9.17) is 0 Å². The maximum Gasteiger partial charge on any atom is 0.243 e. The molecular formula is C25H31FN2O2. The summed E-state index contributed by atoms with van der Waals surface area (Å²) in [6.07, 6.45) is 6.19. The summed E-state index contributed by atoms with van der Waals surface area (Å²) in [6.45, 7) is 2.31. The van der Waals surface area contributed by atoms with Gasteiger partial charge in [-0.05, 0) is 42.5 Å². The zero-order valence-electron chi connectivity index (χ0n) is 17.6. The second kappa shape index (κ2) is 10.9. The monoisotopic (exact) mass is 410 g/mol. The minimum Gasteiger partial charge on any atom is -0.352 e. The summed E-state index contributed by atoms with van der Waals surface area (Å²) < 4.78 is 13.2. The van der Waals surface area contributed by atoms with Crippen LogP contribution in [0.25, 0.3) is 0 Å². The molecule has 5 heteroatoms. The molecule has 1 saturated carbocycles. The lowest BCUT2D eigenvalue weighted by molar-refractivity contribution is -0.141. The quantitative estimate of drug-likeness (QED) is 0.690. The molecule has 0 heterocycles. The fourth-order valence-electron chi connectivity index (χ4n) is 4.12. The van der Waals surface area contributed by atoms with Crippen LogP contribution in [0.3, 0.4) is 0 Å². The first-order chi connectivity index (χ1) is 14.6. The number of benzene rings is 2. The Morgan fingerprint density at radius 3 is 2.30 bits per heavy atom. The predicted molar refractivity (Wildman–Crippen MR) is 116 cm³/mol. The van der Waals surface area contributed by atoms with E-state index in [1.165, 1.54) is 18.6 Å². The van der Waals surface area contributed by atoms with Crippen molar-refractivity contribution < 1.29 is 14.0 Å². The highest BCUT2D eigenvalue weighted by molar-refractivity contribution is 5.88. The van der Waals surface area contributed by atoms with E-state index in [1.54, 1.807) is 17.0 Å². The predicted octanol–water partition coefficient (Wildman–Crippen LogP) is 4.62. The Hall–Kier alpha value is -2.69. The molecule has 0 saturated heterocycles. The Bertz CT molecular complexity index is 817. The van der Waals surface area contributed by atoms with Gasteiger partial charge in [-0.3, -0.25) is 9.59 Å². The van der Waals surface area contributed by atoms with E-state index < -0.39 is 6.04 Å². The molecule has 160 valence electrons. The van der Waals surface area contributed by atoms with Gasteiger partial charge in [-0.15, -0.1) is 0 Å². The van der Waals surface area contributed by atoms with Crippen molar-refractivity contribution in [2.45, 2.75) is 70.5 Å². The van der Waals surface area contributed by atoms with Gasteiger partial charge >= 0.3 is 0 Å². The van der Waals surface area contributed by atoms with Gasteiger partial charge in [-0.25, -0.2) is 4.39 Å². The first-order valence-electron chi connectivity index (χ1n) is 10.9. The minimum atomic E-state index is -0.528. The van der Waals surface area contributed by atoms with Gasteiger partial charge in [0.25, 0.3) is 0 Å². The molecule has 0 spiro atoms. The molecule has 0 aromatic heterocycles. The van der Waals surface area contributed by atoms with Crippen LogP contribution in [0, 0.1) is 5.82 Å². The van der Waals surface area contributed by atoms with Gasteiger partial charge in [0.15, 0.2) is 0 Å². The van der Waals surface area contributed by atoms with Gasteiger partial charge in [-0.2, -0.15) is 0 Å². The normalized spacial score (nSPS) is 15.4. The highest BCUT2D eigenvalue weighted by Crippen LogP contribution is 2.19. The van der Waals surface area contributed by atoms with Crippen molar-refractivity contribution in [1.29, 1.82) is 0 Å². The molecule has 2 aromatic carbocycles. The van der Waals surface area contributed by atoms with Crippen molar-refractivity contribution in [3.8, 4) is 0 Å². The lowest BCUT2D eigenvalue weighted by Crippen LogP contribution is -2.51. The zero-order valence-corrected chi connectivity index (χ0v) is 17.6. The van der Waals surface area contributed by atoms with Crippen LogP contribution in [0.2, 0.25) is 0 Å². The number of nitrogens with zero attached hydrogens (tertiary/aromatic N) is 1. The molecule has 0 aliphatic heterocycles. The molecule has 1 atom stereocenters. The first kappa shape index (κ1) is 22.0. The van der Waals surface area contributed by atoms with Crippen molar-refractivity contribution >= 4 is 11.8 Å². The van der Waals surface area contributed by atoms with E-state index in [0.29, 0.717) is 13.0 Å². The van der Waals surface area contributed by atoms with Crippen molar-refractivity contribution in [2.75, 3.05) is 0 Å². The SMILES string of the molecule is CCC(C(=O)NC1CCCCC1)N(Cc1ccccc1)C(=O)Cc1ccc(F)cc1. The summed E-state index contributed by atoms with van der Waals surface area (Å²) in [4.78, 5) is 28.0. The first-order valence-corrected chi connectivity index (χ1v) is 10.9. The van der Waals surface area contributed by atoms with Crippen LogP contribution in [0.1, 0.15) is 56.6 Å². The van der Waals surface area contributed by atoms with E-state index >= 15 is 0 Å². The Labute approximate surface area is 178 Å². The molecule has 1 N–H and O–H groups in total. The summed E-state index contributed by atoms with van der Waals surface area (Å²) >= 11 is 0. The number of rotatable bonds is 8. The minimum absolute atomic E-state index is 0.0761. The average molecular weight is 411 g/mol. The lowest BCUT2D eigenvalue weighted by atomic mass is 9.95. The number of halogens is 1. The van der Waals surface area contributed by atoms with Gasteiger partial charge < -0.3 is 10.2 Å². The summed E-state index contributed by atoms with van der Waals surface area (Å²) in [6, 6.07) is 15.4. The molecule has 1 fully saturated rings. The third kappa shape index (κ3) is 6.15. The topological polar surface area (TPSA) is 49.4 Å². The third-order valence-corrected chi connectivity index (χ3v) is 5.80. The van der Waals surface area contributed by atoms with E-state index in [-0.39, 0.29) is 30.1 Å². The zero-order chi connectivity index (χ0) is 21.3. The van der Waals surface area contributed by atoms with Crippen LogP contribution in [-0.4, -0.2) is 28.8 Å². The van der Waals surface area contributed by atoms with Crippen molar-refractivity contribution in [3.05, 3.63) is 71.5 Å². The fraction of sp³-hybridized carbons (Fsp3) is 0.440. The third-order valence-electron chi connectivity index (χ3n) is 5.80. The van der Waals surface area contributed by atoms with Crippen LogP contribution in [0.15, 0.2) is 54.6 Å². The molecule has 30 heavy (non-hydrogen) atoms. The van der Waals surface area contributed by atoms with Crippen LogP contribution in [0.5, 0.6) is 0 Å². The largest absolute Gasteiger partial charge is 0.352 e. The second-order valence-corrected chi connectivity index (χ2v) is 8.08. The molecule has 0 radical (unpaired) electrons. The number of carbonyl (C=O) groups excluding carboxylic acids is 2. The Morgan fingerprint density at radius 1 is 1.00 bits per heavy atom. The van der Waals surface area contributed by atoms with Crippen LogP contribution in [-0.2, 0) is 22.6 Å². The Balaban J connectivity index is 1.77. The Kier molecular flexibility index (Phi) is 8.00. The molecule has 2 aromatic rings. The van der Waals surface area contributed by atoms with Crippen LogP contribution >= 0.6 is 0 Å². The van der Waals surface area contributed by atoms with E-state index in [2.05, 4.69) is 5.32 Å². The molecule has 2 amide bonds. The van der Waals surface area contributed by atoms with Gasteiger partial charge in [0.05, 0.1) is 6.42 Å². The number of amides is 2. The number of carbonyl (C=O) groups is 2. The smallest absolute Gasteiger partial charge is 0.243 e.